The molecule has 1 aromatic rings. The molecule has 0 aliphatic heterocycles. The SMILES string of the molecule is CCC(C)(C)c1cc(Cl)ccc1[NH2+]C. The fraction of sp³-hybridized carbons (Fsp3) is 0.500. The Morgan fingerprint density at radius 2 is 2.00 bits per heavy atom. The van der Waals surface area contributed by atoms with Gasteiger partial charge >= 0.3 is 0 Å². The average Bonchev–Trinajstić information content (AvgIpc) is 2.18. The molecule has 0 aliphatic carbocycles. The summed E-state index contributed by atoms with van der Waals surface area (Å²) < 4.78 is 0. The van der Waals surface area contributed by atoms with Crippen molar-refractivity contribution in [2.24, 2.45) is 0 Å². The standard InChI is InChI=1S/C12H18ClN/c1-5-12(2,3)10-8-9(13)6-7-11(10)14-4/h6-8,14H,5H2,1-4H3/p+1. The maximum atomic E-state index is 6.02. The highest BCUT2D eigenvalue weighted by Crippen LogP contribution is 2.32. The lowest BCUT2D eigenvalue weighted by atomic mass is 9.81. The number of hydrogen-bond acceptors (Lipinski definition) is 0. The minimum atomic E-state index is 0.201. The quantitative estimate of drug-likeness (QED) is 0.743. The van der Waals surface area contributed by atoms with Crippen molar-refractivity contribution in [1.82, 2.24) is 0 Å². The summed E-state index contributed by atoms with van der Waals surface area (Å²) in [5, 5.41) is 2.97. The third-order valence-electron chi connectivity index (χ3n) is 2.94. The van der Waals surface area contributed by atoms with E-state index < -0.39 is 0 Å². The molecule has 0 fully saturated rings. The van der Waals surface area contributed by atoms with Gasteiger partial charge in [0.05, 0.1) is 7.05 Å². The van der Waals surface area contributed by atoms with E-state index in [4.69, 9.17) is 11.6 Å². The smallest absolute Gasteiger partial charge is 0.133 e. The molecule has 0 saturated heterocycles. The molecule has 78 valence electrons. The summed E-state index contributed by atoms with van der Waals surface area (Å²) in [7, 11) is 2.07. The lowest BCUT2D eigenvalue weighted by molar-refractivity contribution is -0.540. The second kappa shape index (κ2) is 4.33. The van der Waals surface area contributed by atoms with Crippen LogP contribution in [0.15, 0.2) is 18.2 Å². The van der Waals surface area contributed by atoms with Gasteiger partial charge in [0.15, 0.2) is 0 Å². The molecule has 2 heteroatoms. The van der Waals surface area contributed by atoms with Gasteiger partial charge in [-0.1, -0.05) is 32.4 Å². The molecule has 0 saturated carbocycles. The fourth-order valence-corrected chi connectivity index (χ4v) is 1.73. The van der Waals surface area contributed by atoms with Crippen LogP contribution in [0.4, 0.5) is 5.69 Å². The zero-order chi connectivity index (χ0) is 10.8. The van der Waals surface area contributed by atoms with Crippen molar-refractivity contribution in [2.45, 2.75) is 32.6 Å². The van der Waals surface area contributed by atoms with Gasteiger partial charge in [0.1, 0.15) is 5.69 Å². The average molecular weight is 213 g/mol. The Balaban J connectivity index is 3.23. The van der Waals surface area contributed by atoms with Crippen molar-refractivity contribution in [3.63, 3.8) is 0 Å². The molecule has 0 heterocycles. The Labute approximate surface area is 91.5 Å². The highest BCUT2D eigenvalue weighted by Gasteiger charge is 2.23. The monoisotopic (exact) mass is 212 g/mol. The van der Waals surface area contributed by atoms with Gasteiger partial charge in [-0.3, -0.25) is 0 Å². The summed E-state index contributed by atoms with van der Waals surface area (Å²) in [6, 6.07) is 6.13. The minimum absolute atomic E-state index is 0.201. The van der Waals surface area contributed by atoms with Gasteiger partial charge in [-0.15, -0.1) is 0 Å². The predicted octanol–water partition coefficient (Wildman–Crippen LogP) is 2.85. The maximum Gasteiger partial charge on any atom is 0.133 e. The molecular weight excluding hydrogens is 194 g/mol. The molecule has 0 amide bonds. The van der Waals surface area contributed by atoms with E-state index in [1.165, 1.54) is 11.3 Å². The summed E-state index contributed by atoms with van der Waals surface area (Å²) in [5.74, 6) is 0. The highest BCUT2D eigenvalue weighted by molar-refractivity contribution is 6.30. The van der Waals surface area contributed by atoms with Gasteiger partial charge in [-0.2, -0.15) is 0 Å². The largest absolute Gasteiger partial charge is 0.316 e. The summed E-state index contributed by atoms with van der Waals surface area (Å²) >= 11 is 6.02. The number of nitrogens with two attached hydrogens (primary N) is 1. The number of benzene rings is 1. The van der Waals surface area contributed by atoms with Gasteiger partial charge in [0, 0.05) is 16.7 Å². The van der Waals surface area contributed by atoms with Crippen LogP contribution in [0, 0.1) is 0 Å². The molecule has 1 nitrogen and oxygen atoms in total. The van der Waals surface area contributed by atoms with Crippen LogP contribution in [0.2, 0.25) is 5.02 Å². The Hall–Kier alpha value is -0.530. The Morgan fingerprint density at radius 3 is 2.50 bits per heavy atom. The van der Waals surface area contributed by atoms with E-state index in [2.05, 4.69) is 45.3 Å². The van der Waals surface area contributed by atoms with Crippen LogP contribution >= 0.6 is 11.6 Å². The van der Waals surface area contributed by atoms with Crippen molar-refractivity contribution >= 4 is 17.3 Å². The van der Waals surface area contributed by atoms with Gasteiger partial charge in [0.25, 0.3) is 0 Å². The van der Waals surface area contributed by atoms with E-state index in [9.17, 15) is 0 Å². The second-order valence-electron chi connectivity index (χ2n) is 4.26. The zero-order valence-corrected chi connectivity index (χ0v) is 10.2. The fourth-order valence-electron chi connectivity index (χ4n) is 1.56. The van der Waals surface area contributed by atoms with Crippen molar-refractivity contribution in [2.75, 3.05) is 7.05 Å². The van der Waals surface area contributed by atoms with E-state index in [0.29, 0.717) is 0 Å². The summed E-state index contributed by atoms with van der Waals surface area (Å²) in [6.07, 6.45) is 1.12. The normalized spacial score (nSPS) is 11.8. The third-order valence-corrected chi connectivity index (χ3v) is 3.17. The van der Waals surface area contributed by atoms with Crippen LogP contribution in [0.25, 0.3) is 0 Å². The number of quaternary nitrogens is 1. The summed E-state index contributed by atoms with van der Waals surface area (Å²) in [4.78, 5) is 0. The Bertz CT molecular complexity index is 318. The molecule has 0 atom stereocenters. The molecule has 0 aliphatic rings. The van der Waals surface area contributed by atoms with Crippen molar-refractivity contribution in [1.29, 1.82) is 0 Å². The molecule has 2 N–H and O–H groups in total. The first-order chi connectivity index (χ1) is 6.51. The van der Waals surface area contributed by atoms with Crippen LogP contribution in [-0.4, -0.2) is 7.05 Å². The van der Waals surface area contributed by atoms with Crippen molar-refractivity contribution < 1.29 is 5.32 Å². The van der Waals surface area contributed by atoms with Crippen molar-refractivity contribution in [3.8, 4) is 0 Å². The van der Waals surface area contributed by atoms with Gasteiger partial charge < -0.3 is 5.32 Å². The van der Waals surface area contributed by atoms with Gasteiger partial charge in [-0.05, 0) is 24.0 Å². The molecular formula is C12H19ClN+. The lowest BCUT2D eigenvalue weighted by Gasteiger charge is -2.24. The van der Waals surface area contributed by atoms with E-state index in [-0.39, 0.29) is 5.41 Å². The van der Waals surface area contributed by atoms with Crippen molar-refractivity contribution in [3.05, 3.63) is 28.8 Å². The molecule has 1 rings (SSSR count). The van der Waals surface area contributed by atoms with Gasteiger partial charge in [0.2, 0.25) is 0 Å². The van der Waals surface area contributed by atoms with Crippen LogP contribution in [0.5, 0.6) is 0 Å². The molecule has 0 spiro atoms. The first-order valence-corrected chi connectivity index (χ1v) is 5.48. The van der Waals surface area contributed by atoms with Gasteiger partial charge in [-0.25, -0.2) is 0 Å². The predicted molar refractivity (Wildman–Crippen MR) is 62.3 cm³/mol. The summed E-state index contributed by atoms with van der Waals surface area (Å²) in [5.41, 5.74) is 2.84. The minimum Gasteiger partial charge on any atom is -0.316 e. The Morgan fingerprint density at radius 1 is 1.36 bits per heavy atom. The van der Waals surface area contributed by atoms with Crippen LogP contribution < -0.4 is 5.32 Å². The maximum absolute atomic E-state index is 6.02. The van der Waals surface area contributed by atoms with Crippen LogP contribution in [-0.2, 0) is 5.41 Å². The molecule has 0 bridgehead atoms. The second-order valence-corrected chi connectivity index (χ2v) is 4.69. The molecule has 0 aromatic heterocycles. The first-order valence-electron chi connectivity index (χ1n) is 5.10. The molecule has 1 aromatic carbocycles. The zero-order valence-electron chi connectivity index (χ0n) is 9.39. The van der Waals surface area contributed by atoms with E-state index in [0.717, 1.165) is 11.4 Å². The van der Waals surface area contributed by atoms with E-state index >= 15 is 0 Å². The first kappa shape index (κ1) is 11.5. The third kappa shape index (κ3) is 2.28. The number of halogens is 1. The Kier molecular flexibility index (Phi) is 3.57. The lowest BCUT2D eigenvalue weighted by Crippen LogP contribution is -2.73. The van der Waals surface area contributed by atoms with Crippen LogP contribution in [0.3, 0.4) is 0 Å². The number of rotatable bonds is 3. The van der Waals surface area contributed by atoms with Crippen LogP contribution in [0.1, 0.15) is 32.8 Å². The molecule has 0 radical (unpaired) electrons. The summed E-state index contributed by atoms with van der Waals surface area (Å²) in [6.45, 7) is 6.72. The molecule has 14 heavy (non-hydrogen) atoms. The van der Waals surface area contributed by atoms with E-state index in [1.807, 2.05) is 6.07 Å². The number of hydrogen-bond donors (Lipinski definition) is 1. The highest BCUT2D eigenvalue weighted by atomic mass is 35.5. The van der Waals surface area contributed by atoms with E-state index in [1.54, 1.807) is 0 Å². The topological polar surface area (TPSA) is 16.6 Å². The molecule has 0 unspecified atom stereocenters.